The summed E-state index contributed by atoms with van der Waals surface area (Å²) in [7, 11) is 1.71. The van der Waals surface area contributed by atoms with Gasteiger partial charge in [-0.05, 0) is 43.5 Å². The molecule has 0 saturated carbocycles. The van der Waals surface area contributed by atoms with Crippen LogP contribution < -0.4 is 4.74 Å². The predicted octanol–water partition coefficient (Wildman–Crippen LogP) is 4.00. The summed E-state index contributed by atoms with van der Waals surface area (Å²) in [5, 5.41) is 3.32. The Morgan fingerprint density at radius 2 is 2.00 bits per heavy atom. The average molecular weight is 247 g/mol. The molecule has 0 bridgehead atoms. The number of benzene rings is 1. The maximum atomic E-state index is 5.33. The second kappa shape index (κ2) is 4.88. The lowest BCUT2D eigenvalue weighted by molar-refractivity contribution is 0.411. The third-order valence-corrected chi connectivity index (χ3v) is 3.87. The van der Waals surface area contributed by atoms with Crippen LogP contribution in [0.2, 0.25) is 0 Å². The monoisotopic (exact) mass is 247 g/mol. The van der Waals surface area contributed by atoms with E-state index in [4.69, 9.17) is 4.74 Å². The number of hydrogen-bond acceptors (Lipinski definition) is 3. The SMILES string of the molecule is CCc1nc(-c2cc(C)c(OC)cc2C)cs1. The van der Waals surface area contributed by atoms with E-state index in [0.29, 0.717) is 0 Å². The number of thiazole rings is 1. The molecule has 0 N–H and O–H groups in total. The molecule has 2 aromatic rings. The molecule has 0 unspecified atom stereocenters. The Morgan fingerprint density at radius 3 is 2.59 bits per heavy atom. The zero-order chi connectivity index (χ0) is 12.4. The fourth-order valence-electron chi connectivity index (χ4n) is 1.88. The van der Waals surface area contributed by atoms with E-state index in [9.17, 15) is 0 Å². The third kappa shape index (κ3) is 2.34. The minimum Gasteiger partial charge on any atom is -0.496 e. The zero-order valence-corrected chi connectivity index (χ0v) is 11.5. The Hall–Kier alpha value is -1.35. The lowest BCUT2D eigenvalue weighted by Gasteiger charge is -2.09. The summed E-state index contributed by atoms with van der Waals surface area (Å²) in [6.07, 6.45) is 0.999. The van der Waals surface area contributed by atoms with Gasteiger partial charge in [0.05, 0.1) is 17.8 Å². The molecule has 90 valence electrons. The van der Waals surface area contributed by atoms with Crippen LogP contribution in [0.15, 0.2) is 17.5 Å². The average Bonchev–Trinajstić information content (AvgIpc) is 2.80. The molecule has 3 heteroatoms. The van der Waals surface area contributed by atoms with Crippen molar-refractivity contribution in [1.82, 2.24) is 4.98 Å². The number of aryl methyl sites for hydroxylation is 3. The fraction of sp³-hybridized carbons (Fsp3) is 0.357. The molecule has 17 heavy (non-hydrogen) atoms. The number of methoxy groups -OCH3 is 1. The molecule has 0 spiro atoms. The normalized spacial score (nSPS) is 10.6. The molecule has 1 aromatic carbocycles. The predicted molar refractivity (Wildman–Crippen MR) is 73.0 cm³/mol. The smallest absolute Gasteiger partial charge is 0.122 e. The second-order valence-electron chi connectivity index (χ2n) is 4.12. The van der Waals surface area contributed by atoms with E-state index in [1.165, 1.54) is 16.1 Å². The molecule has 1 aromatic heterocycles. The molecule has 0 aliphatic carbocycles. The van der Waals surface area contributed by atoms with Gasteiger partial charge in [-0.1, -0.05) is 6.92 Å². The van der Waals surface area contributed by atoms with Crippen molar-refractivity contribution in [3.8, 4) is 17.0 Å². The van der Waals surface area contributed by atoms with Crippen molar-refractivity contribution in [2.75, 3.05) is 7.11 Å². The van der Waals surface area contributed by atoms with Gasteiger partial charge < -0.3 is 4.74 Å². The van der Waals surface area contributed by atoms with Crippen LogP contribution in [0, 0.1) is 13.8 Å². The summed E-state index contributed by atoms with van der Waals surface area (Å²) in [5.41, 5.74) is 4.65. The van der Waals surface area contributed by atoms with Gasteiger partial charge in [0.2, 0.25) is 0 Å². The molecule has 0 aliphatic heterocycles. The maximum absolute atomic E-state index is 5.33. The summed E-state index contributed by atoms with van der Waals surface area (Å²) in [6, 6.07) is 4.23. The van der Waals surface area contributed by atoms with E-state index in [2.05, 4.69) is 43.3 Å². The van der Waals surface area contributed by atoms with Crippen molar-refractivity contribution in [1.29, 1.82) is 0 Å². The van der Waals surface area contributed by atoms with Gasteiger partial charge in [-0.15, -0.1) is 11.3 Å². The van der Waals surface area contributed by atoms with Gasteiger partial charge >= 0.3 is 0 Å². The minimum atomic E-state index is 0.942. The van der Waals surface area contributed by atoms with E-state index in [0.717, 1.165) is 23.4 Å². The Labute approximate surface area is 106 Å². The molecule has 0 fully saturated rings. The van der Waals surface area contributed by atoms with Crippen molar-refractivity contribution in [3.63, 3.8) is 0 Å². The van der Waals surface area contributed by atoms with Gasteiger partial charge in [0.15, 0.2) is 0 Å². The molecular formula is C14H17NOS. The molecule has 0 radical (unpaired) electrons. The zero-order valence-electron chi connectivity index (χ0n) is 10.7. The van der Waals surface area contributed by atoms with Crippen LogP contribution in [-0.2, 0) is 6.42 Å². The van der Waals surface area contributed by atoms with E-state index in [1.807, 2.05) is 0 Å². The largest absolute Gasteiger partial charge is 0.496 e. The van der Waals surface area contributed by atoms with Gasteiger partial charge in [-0.2, -0.15) is 0 Å². The van der Waals surface area contributed by atoms with Crippen molar-refractivity contribution in [2.24, 2.45) is 0 Å². The maximum Gasteiger partial charge on any atom is 0.122 e. The standard InChI is InChI=1S/C14H17NOS/c1-5-14-15-12(8-17-14)11-6-10(3)13(16-4)7-9(11)2/h6-8H,5H2,1-4H3. The third-order valence-electron chi connectivity index (χ3n) is 2.87. The lowest BCUT2D eigenvalue weighted by Crippen LogP contribution is -1.91. The minimum absolute atomic E-state index is 0.942. The van der Waals surface area contributed by atoms with Crippen molar-refractivity contribution >= 4 is 11.3 Å². The molecule has 0 atom stereocenters. The van der Waals surface area contributed by atoms with Crippen molar-refractivity contribution < 1.29 is 4.74 Å². The van der Waals surface area contributed by atoms with Gasteiger partial charge in [0.1, 0.15) is 5.75 Å². The van der Waals surface area contributed by atoms with Crippen LogP contribution in [0.1, 0.15) is 23.1 Å². The Bertz CT molecular complexity index is 531. The lowest BCUT2D eigenvalue weighted by atomic mass is 10.0. The molecule has 0 saturated heterocycles. The Kier molecular flexibility index (Phi) is 3.48. The summed E-state index contributed by atoms with van der Waals surface area (Å²) in [5.74, 6) is 0.942. The number of ether oxygens (including phenoxy) is 1. The Morgan fingerprint density at radius 1 is 1.24 bits per heavy atom. The summed E-state index contributed by atoms with van der Waals surface area (Å²) in [6.45, 7) is 6.30. The first-order valence-electron chi connectivity index (χ1n) is 5.75. The molecule has 2 nitrogen and oxygen atoms in total. The first-order chi connectivity index (χ1) is 8.15. The van der Waals surface area contributed by atoms with Crippen molar-refractivity contribution in [2.45, 2.75) is 27.2 Å². The molecular weight excluding hydrogens is 230 g/mol. The van der Waals surface area contributed by atoms with Crippen molar-refractivity contribution in [3.05, 3.63) is 33.6 Å². The quantitative estimate of drug-likeness (QED) is 0.818. The first kappa shape index (κ1) is 12.1. The number of nitrogens with zero attached hydrogens (tertiary/aromatic N) is 1. The summed E-state index contributed by atoms with van der Waals surface area (Å²) >= 11 is 1.73. The van der Waals surface area contributed by atoms with Gasteiger partial charge in [-0.3, -0.25) is 0 Å². The highest BCUT2D eigenvalue weighted by Crippen LogP contribution is 2.30. The number of rotatable bonds is 3. The van der Waals surface area contributed by atoms with E-state index >= 15 is 0 Å². The van der Waals surface area contributed by atoms with E-state index in [-0.39, 0.29) is 0 Å². The topological polar surface area (TPSA) is 22.1 Å². The summed E-state index contributed by atoms with van der Waals surface area (Å²) < 4.78 is 5.33. The summed E-state index contributed by atoms with van der Waals surface area (Å²) in [4.78, 5) is 4.63. The molecule has 2 rings (SSSR count). The van der Waals surface area contributed by atoms with E-state index < -0.39 is 0 Å². The van der Waals surface area contributed by atoms with Gasteiger partial charge in [-0.25, -0.2) is 4.98 Å². The van der Waals surface area contributed by atoms with Crippen LogP contribution in [0.3, 0.4) is 0 Å². The molecule has 0 amide bonds. The first-order valence-corrected chi connectivity index (χ1v) is 6.63. The van der Waals surface area contributed by atoms with E-state index in [1.54, 1.807) is 18.4 Å². The van der Waals surface area contributed by atoms with Gasteiger partial charge in [0, 0.05) is 10.9 Å². The number of hydrogen-bond donors (Lipinski definition) is 0. The van der Waals surface area contributed by atoms with Crippen LogP contribution in [-0.4, -0.2) is 12.1 Å². The molecule has 0 aliphatic rings. The van der Waals surface area contributed by atoms with Gasteiger partial charge in [0.25, 0.3) is 0 Å². The Balaban J connectivity index is 2.48. The van der Waals surface area contributed by atoms with Crippen LogP contribution in [0.5, 0.6) is 5.75 Å². The number of aromatic nitrogens is 1. The highest BCUT2D eigenvalue weighted by Gasteiger charge is 2.09. The highest BCUT2D eigenvalue weighted by molar-refractivity contribution is 7.09. The molecule has 1 heterocycles. The van der Waals surface area contributed by atoms with Crippen LogP contribution in [0.25, 0.3) is 11.3 Å². The van der Waals surface area contributed by atoms with Crippen LogP contribution >= 0.6 is 11.3 Å². The highest BCUT2D eigenvalue weighted by atomic mass is 32.1. The fourth-order valence-corrected chi connectivity index (χ4v) is 2.63. The second-order valence-corrected chi connectivity index (χ2v) is 5.06. The van der Waals surface area contributed by atoms with Crippen LogP contribution in [0.4, 0.5) is 0 Å².